The van der Waals surface area contributed by atoms with Crippen LogP contribution in [0.1, 0.15) is 22.8 Å². The summed E-state index contributed by atoms with van der Waals surface area (Å²) in [5, 5.41) is 5.30. The first kappa shape index (κ1) is 22.2. The molecule has 7 nitrogen and oxygen atoms in total. The van der Waals surface area contributed by atoms with Crippen LogP contribution in [0, 0.1) is 0 Å². The van der Waals surface area contributed by atoms with Crippen LogP contribution < -0.4 is 16.4 Å². The molecule has 11 heteroatoms. The molecule has 0 saturated heterocycles. The summed E-state index contributed by atoms with van der Waals surface area (Å²) in [6, 6.07) is 9.79. The molecule has 0 aliphatic rings. The molecule has 162 valence electrons. The first-order valence-corrected chi connectivity index (χ1v) is 9.35. The number of nitrogens with one attached hydrogen (secondary N) is 2. The van der Waals surface area contributed by atoms with E-state index in [2.05, 4.69) is 20.6 Å². The maximum absolute atomic E-state index is 13.1. The summed E-state index contributed by atoms with van der Waals surface area (Å²) in [5.41, 5.74) is 6.25. The number of halogens is 4. The second kappa shape index (κ2) is 9.09. The van der Waals surface area contributed by atoms with Gasteiger partial charge in [-0.25, -0.2) is 14.8 Å². The monoisotopic (exact) mass is 451 g/mol. The predicted octanol–water partition coefficient (Wildman–Crippen LogP) is 5.39. The van der Waals surface area contributed by atoms with Crippen molar-refractivity contribution in [1.82, 2.24) is 9.97 Å². The molecular weight excluding hydrogens is 435 g/mol. The number of rotatable bonds is 6. The zero-order valence-corrected chi connectivity index (χ0v) is 16.9. The van der Waals surface area contributed by atoms with Crippen LogP contribution in [0.4, 0.5) is 41.9 Å². The molecule has 0 saturated carbocycles. The molecule has 0 spiro atoms. The van der Waals surface area contributed by atoms with Crippen molar-refractivity contribution in [1.29, 1.82) is 0 Å². The zero-order chi connectivity index (χ0) is 22.6. The average Bonchev–Trinajstić information content (AvgIpc) is 2.72. The largest absolute Gasteiger partial charge is 0.462 e. The van der Waals surface area contributed by atoms with Gasteiger partial charge in [0.2, 0.25) is 0 Å². The summed E-state index contributed by atoms with van der Waals surface area (Å²) in [7, 11) is 0. The van der Waals surface area contributed by atoms with E-state index in [0.717, 1.165) is 12.1 Å². The molecule has 0 amide bonds. The Hall–Kier alpha value is -3.53. The third kappa shape index (κ3) is 5.34. The van der Waals surface area contributed by atoms with Gasteiger partial charge in [-0.3, -0.25) is 0 Å². The summed E-state index contributed by atoms with van der Waals surface area (Å²) < 4.78 is 44.1. The minimum absolute atomic E-state index is 0.0838. The van der Waals surface area contributed by atoms with Gasteiger partial charge in [-0.15, -0.1) is 0 Å². The molecule has 2 aromatic carbocycles. The normalized spacial score (nSPS) is 11.1. The number of esters is 1. The van der Waals surface area contributed by atoms with E-state index in [1.165, 1.54) is 12.4 Å². The third-order valence-corrected chi connectivity index (χ3v) is 4.41. The van der Waals surface area contributed by atoms with Crippen molar-refractivity contribution in [3.63, 3.8) is 0 Å². The Morgan fingerprint density at radius 2 is 1.65 bits per heavy atom. The predicted molar refractivity (Wildman–Crippen MR) is 112 cm³/mol. The number of aromatic nitrogens is 2. The summed E-state index contributed by atoms with van der Waals surface area (Å²) in [5.74, 6) is -0.106. The van der Waals surface area contributed by atoms with E-state index in [-0.39, 0.29) is 29.6 Å². The Kier molecular flexibility index (Phi) is 6.50. The van der Waals surface area contributed by atoms with Crippen LogP contribution in [0.15, 0.2) is 48.8 Å². The Morgan fingerprint density at radius 1 is 1.06 bits per heavy atom. The number of ether oxygens (including phenoxy) is 1. The van der Waals surface area contributed by atoms with Crippen molar-refractivity contribution >= 4 is 46.3 Å². The maximum atomic E-state index is 13.1. The van der Waals surface area contributed by atoms with Crippen molar-refractivity contribution < 1.29 is 22.7 Å². The number of hydrogen-bond acceptors (Lipinski definition) is 7. The van der Waals surface area contributed by atoms with Crippen LogP contribution >= 0.6 is 11.6 Å². The Morgan fingerprint density at radius 3 is 2.23 bits per heavy atom. The van der Waals surface area contributed by atoms with E-state index in [4.69, 9.17) is 22.1 Å². The van der Waals surface area contributed by atoms with Gasteiger partial charge in [-0.05, 0) is 49.4 Å². The minimum atomic E-state index is -4.60. The fourth-order valence-corrected chi connectivity index (χ4v) is 2.82. The first-order chi connectivity index (χ1) is 14.7. The molecule has 0 fully saturated rings. The molecule has 0 bridgehead atoms. The highest BCUT2D eigenvalue weighted by Crippen LogP contribution is 2.37. The van der Waals surface area contributed by atoms with Crippen LogP contribution in [-0.4, -0.2) is 22.5 Å². The van der Waals surface area contributed by atoms with E-state index in [1.807, 2.05) is 0 Å². The first-order valence-electron chi connectivity index (χ1n) is 8.97. The molecular formula is C20H17ClF3N5O2. The van der Waals surface area contributed by atoms with Gasteiger partial charge in [0, 0.05) is 11.4 Å². The third-order valence-electron chi connectivity index (χ3n) is 4.08. The van der Waals surface area contributed by atoms with Gasteiger partial charge >= 0.3 is 12.1 Å². The quantitative estimate of drug-likeness (QED) is 0.431. The van der Waals surface area contributed by atoms with Crippen LogP contribution in [0.3, 0.4) is 0 Å². The van der Waals surface area contributed by atoms with E-state index in [9.17, 15) is 18.0 Å². The number of nitrogens with two attached hydrogens (primary N) is 1. The lowest BCUT2D eigenvalue weighted by Crippen LogP contribution is -2.08. The zero-order valence-electron chi connectivity index (χ0n) is 16.1. The van der Waals surface area contributed by atoms with Gasteiger partial charge in [0.25, 0.3) is 0 Å². The molecule has 0 radical (unpaired) electrons. The topological polar surface area (TPSA) is 102 Å². The van der Waals surface area contributed by atoms with Crippen molar-refractivity contribution in [2.75, 3.05) is 23.0 Å². The lowest BCUT2D eigenvalue weighted by molar-refractivity contribution is -0.137. The summed E-state index contributed by atoms with van der Waals surface area (Å²) in [6.45, 7) is 1.98. The van der Waals surface area contributed by atoms with Crippen LogP contribution in [0.25, 0.3) is 0 Å². The summed E-state index contributed by atoms with van der Waals surface area (Å²) in [6.07, 6.45) is -3.40. The SMILES string of the molecule is CCOC(=O)c1ccc(Nc2ncnc(Nc3ccc(Cl)c(C(F)(F)F)c3)c2N)cc1. The summed E-state index contributed by atoms with van der Waals surface area (Å²) in [4.78, 5) is 19.8. The highest BCUT2D eigenvalue weighted by molar-refractivity contribution is 6.31. The molecule has 3 aromatic rings. The molecule has 0 unspecified atom stereocenters. The lowest BCUT2D eigenvalue weighted by Gasteiger charge is -2.14. The van der Waals surface area contributed by atoms with Gasteiger partial charge in [-0.2, -0.15) is 13.2 Å². The molecule has 1 heterocycles. The number of hydrogen-bond donors (Lipinski definition) is 3. The van der Waals surface area contributed by atoms with E-state index in [0.29, 0.717) is 11.3 Å². The highest BCUT2D eigenvalue weighted by Gasteiger charge is 2.33. The lowest BCUT2D eigenvalue weighted by atomic mass is 10.2. The van der Waals surface area contributed by atoms with E-state index >= 15 is 0 Å². The Balaban J connectivity index is 1.80. The second-order valence-corrected chi connectivity index (χ2v) is 6.63. The molecule has 0 aliphatic heterocycles. The Bertz CT molecular complexity index is 1090. The van der Waals surface area contributed by atoms with Crippen LogP contribution in [-0.2, 0) is 10.9 Å². The number of nitrogen functional groups attached to an aromatic ring is 1. The van der Waals surface area contributed by atoms with Crippen molar-refractivity contribution in [3.8, 4) is 0 Å². The number of benzene rings is 2. The fourth-order valence-electron chi connectivity index (χ4n) is 2.59. The number of carbonyl (C=O) groups excluding carboxylic acids is 1. The van der Waals surface area contributed by atoms with Gasteiger partial charge in [0.15, 0.2) is 11.6 Å². The van der Waals surface area contributed by atoms with E-state index in [1.54, 1.807) is 31.2 Å². The standard InChI is InChI=1S/C20H17ClF3N5O2/c1-2-31-19(30)11-3-5-12(6-4-11)28-17-16(25)18(27-10-26-17)29-13-7-8-15(21)14(9-13)20(22,23)24/h3-10H,2,25H2,1H3,(H2,26,27,28,29). The number of anilines is 5. The maximum Gasteiger partial charge on any atom is 0.417 e. The van der Waals surface area contributed by atoms with Crippen molar-refractivity contribution in [2.24, 2.45) is 0 Å². The smallest absolute Gasteiger partial charge is 0.417 e. The van der Waals surface area contributed by atoms with E-state index < -0.39 is 22.7 Å². The molecule has 3 rings (SSSR count). The molecule has 4 N–H and O–H groups in total. The van der Waals surface area contributed by atoms with Gasteiger partial charge in [-0.1, -0.05) is 11.6 Å². The van der Waals surface area contributed by atoms with Crippen LogP contribution in [0.2, 0.25) is 5.02 Å². The number of alkyl halides is 3. The highest BCUT2D eigenvalue weighted by atomic mass is 35.5. The number of nitrogens with zero attached hydrogens (tertiary/aromatic N) is 2. The minimum Gasteiger partial charge on any atom is -0.462 e. The number of carbonyl (C=O) groups is 1. The second-order valence-electron chi connectivity index (χ2n) is 6.22. The Labute approximate surface area is 180 Å². The fraction of sp³-hybridized carbons (Fsp3) is 0.150. The van der Waals surface area contributed by atoms with Crippen molar-refractivity contribution in [3.05, 3.63) is 64.9 Å². The molecule has 31 heavy (non-hydrogen) atoms. The van der Waals surface area contributed by atoms with Gasteiger partial charge in [0.05, 0.1) is 22.8 Å². The van der Waals surface area contributed by atoms with Gasteiger partial charge < -0.3 is 21.1 Å². The van der Waals surface area contributed by atoms with Crippen LogP contribution in [0.5, 0.6) is 0 Å². The van der Waals surface area contributed by atoms with Crippen molar-refractivity contribution in [2.45, 2.75) is 13.1 Å². The molecule has 0 aliphatic carbocycles. The van der Waals surface area contributed by atoms with Gasteiger partial charge in [0.1, 0.15) is 12.0 Å². The summed E-state index contributed by atoms with van der Waals surface area (Å²) >= 11 is 5.64. The average molecular weight is 452 g/mol. The molecule has 0 atom stereocenters. The molecule has 1 aromatic heterocycles.